The van der Waals surface area contributed by atoms with Crippen molar-refractivity contribution in [2.75, 3.05) is 36.1 Å². The number of amides is 2. The lowest BCUT2D eigenvalue weighted by Gasteiger charge is -2.30. The Morgan fingerprint density at radius 2 is 1.66 bits per heavy atom. The van der Waals surface area contributed by atoms with Gasteiger partial charge in [0.25, 0.3) is 11.8 Å². The van der Waals surface area contributed by atoms with Crippen molar-refractivity contribution in [3.63, 3.8) is 0 Å². The van der Waals surface area contributed by atoms with Gasteiger partial charge in [0.1, 0.15) is 11.4 Å². The molecule has 4 aromatic carbocycles. The number of hydrogen-bond donors (Lipinski definition) is 3. The summed E-state index contributed by atoms with van der Waals surface area (Å²) in [7, 11) is 1.38. The van der Waals surface area contributed by atoms with Gasteiger partial charge in [-0.05, 0) is 104 Å². The summed E-state index contributed by atoms with van der Waals surface area (Å²) in [4.78, 5) is 33.8. The molecule has 0 bridgehead atoms. The molecule has 1 aliphatic carbocycles. The molecule has 0 spiro atoms. The summed E-state index contributed by atoms with van der Waals surface area (Å²) in [5.41, 5.74) is 6.47. The van der Waals surface area contributed by atoms with E-state index in [0.29, 0.717) is 59.9 Å². The first-order valence-corrected chi connectivity index (χ1v) is 17.4. The molecule has 3 N–H and O–H groups in total. The molecule has 0 saturated heterocycles. The van der Waals surface area contributed by atoms with Crippen LogP contribution in [0.4, 0.5) is 17.1 Å². The van der Waals surface area contributed by atoms with Crippen LogP contribution in [0.2, 0.25) is 0 Å². The second-order valence-electron chi connectivity index (χ2n) is 12.7. The van der Waals surface area contributed by atoms with Crippen LogP contribution in [0.1, 0.15) is 88.4 Å². The van der Waals surface area contributed by atoms with Crippen LogP contribution in [-0.2, 0) is 17.8 Å². The van der Waals surface area contributed by atoms with Crippen molar-refractivity contribution in [1.82, 2.24) is 4.90 Å². The van der Waals surface area contributed by atoms with Gasteiger partial charge < -0.3 is 20.3 Å². The highest BCUT2D eigenvalue weighted by Gasteiger charge is 2.25. The van der Waals surface area contributed by atoms with E-state index in [0.717, 1.165) is 46.5 Å². The van der Waals surface area contributed by atoms with Gasteiger partial charge in [-0.25, -0.2) is 0 Å². The number of nitrogens with one attached hydrogen (secondary N) is 2. The summed E-state index contributed by atoms with van der Waals surface area (Å²) in [6.07, 6.45) is 7.65. The zero-order valence-electron chi connectivity index (χ0n) is 28.7. The summed E-state index contributed by atoms with van der Waals surface area (Å²) in [5.74, 6) is 6.91. The standard InChI is InChI=1S/C41H44N4O5/c1-3-50-36-25-32(16-15-29-11-7-6-8-12-29)37-28-44(24-23-33(37)26-36)41(47)31-19-17-30(18-20-31)40(46)43-35-21-22-38(39(27-35)45(48)49-2)42-34-13-9-4-5-10-14-34/h6-8,11-12,17-22,25-27,34,42,48H,3-5,9-10,13-14,23-24,28H2,1-2H3,(H,43,46). The van der Waals surface area contributed by atoms with Crippen LogP contribution in [0, 0.1) is 11.8 Å². The van der Waals surface area contributed by atoms with Gasteiger partial charge >= 0.3 is 0 Å². The average Bonchev–Trinajstić information content (AvgIpc) is 3.43. The van der Waals surface area contributed by atoms with E-state index in [-0.39, 0.29) is 11.8 Å². The van der Waals surface area contributed by atoms with Crippen LogP contribution >= 0.6 is 0 Å². The first kappa shape index (κ1) is 34.6. The molecular formula is C41H44N4O5. The Hall–Kier alpha value is -5.30. The van der Waals surface area contributed by atoms with Crippen LogP contribution in [0.5, 0.6) is 5.75 Å². The lowest BCUT2D eigenvalue weighted by Crippen LogP contribution is -2.36. The van der Waals surface area contributed by atoms with E-state index in [1.54, 1.807) is 36.4 Å². The SMILES string of the molecule is CCOc1cc(C#Cc2ccccc2)c2c(c1)CCN(C(=O)c1ccc(C(=O)Nc3ccc(NC4CCCCCC4)c(N(O)OC)c3)cc1)C2. The molecule has 1 aliphatic heterocycles. The monoisotopic (exact) mass is 672 g/mol. The van der Waals surface area contributed by atoms with Crippen LogP contribution < -0.4 is 20.6 Å². The van der Waals surface area contributed by atoms with Gasteiger partial charge in [-0.3, -0.25) is 19.6 Å². The van der Waals surface area contributed by atoms with Gasteiger partial charge in [0.05, 0.1) is 19.4 Å². The normalized spacial score (nSPS) is 14.4. The molecule has 1 fully saturated rings. The average molecular weight is 673 g/mol. The van der Waals surface area contributed by atoms with Crippen molar-refractivity contribution in [3.8, 4) is 17.6 Å². The van der Waals surface area contributed by atoms with Gasteiger partial charge in [0.2, 0.25) is 0 Å². The topological polar surface area (TPSA) is 103 Å². The third kappa shape index (κ3) is 8.46. The van der Waals surface area contributed by atoms with Gasteiger partial charge in [0, 0.05) is 47.1 Å². The van der Waals surface area contributed by atoms with E-state index in [1.165, 1.54) is 32.8 Å². The Labute approximate surface area is 294 Å². The smallest absolute Gasteiger partial charge is 0.255 e. The molecule has 0 radical (unpaired) electrons. The van der Waals surface area contributed by atoms with Gasteiger partial charge in [-0.1, -0.05) is 55.7 Å². The molecular weight excluding hydrogens is 628 g/mol. The number of fused-ring (bicyclic) bond motifs is 1. The maximum absolute atomic E-state index is 13.7. The molecule has 2 aliphatic rings. The molecule has 2 amide bonds. The number of rotatable bonds is 9. The van der Waals surface area contributed by atoms with E-state index >= 15 is 0 Å². The highest BCUT2D eigenvalue weighted by Crippen LogP contribution is 2.32. The molecule has 9 heteroatoms. The van der Waals surface area contributed by atoms with Crippen LogP contribution in [-0.4, -0.2) is 48.2 Å². The minimum Gasteiger partial charge on any atom is -0.494 e. The summed E-state index contributed by atoms with van der Waals surface area (Å²) in [6, 6.07) is 26.1. The fraction of sp³-hybridized carbons (Fsp3) is 0.317. The molecule has 6 rings (SSSR count). The molecule has 1 saturated carbocycles. The third-order valence-corrected chi connectivity index (χ3v) is 9.27. The first-order chi connectivity index (χ1) is 24.4. The molecule has 0 atom stereocenters. The number of carbonyl (C=O) groups excluding carboxylic acids is 2. The van der Waals surface area contributed by atoms with Crippen LogP contribution in [0.25, 0.3) is 0 Å². The molecule has 0 aromatic heterocycles. The van der Waals surface area contributed by atoms with E-state index in [1.807, 2.05) is 54.3 Å². The van der Waals surface area contributed by atoms with Crippen LogP contribution in [0.3, 0.4) is 0 Å². The van der Waals surface area contributed by atoms with Crippen molar-refractivity contribution in [2.24, 2.45) is 0 Å². The lowest BCUT2D eigenvalue weighted by atomic mass is 9.93. The molecule has 1 heterocycles. The van der Waals surface area contributed by atoms with Gasteiger partial charge in [-0.15, -0.1) is 5.23 Å². The quantitative estimate of drug-likeness (QED) is 0.0946. The highest BCUT2D eigenvalue weighted by molar-refractivity contribution is 6.05. The predicted molar refractivity (Wildman–Crippen MR) is 196 cm³/mol. The fourth-order valence-corrected chi connectivity index (χ4v) is 6.62. The number of benzene rings is 4. The zero-order valence-corrected chi connectivity index (χ0v) is 28.7. The van der Waals surface area contributed by atoms with Crippen molar-refractivity contribution < 1.29 is 24.4 Å². The second-order valence-corrected chi connectivity index (χ2v) is 12.7. The van der Waals surface area contributed by atoms with E-state index < -0.39 is 0 Å². The molecule has 4 aromatic rings. The van der Waals surface area contributed by atoms with Crippen molar-refractivity contribution in [3.05, 3.63) is 118 Å². The van der Waals surface area contributed by atoms with E-state index in [9.17, 15) is 14.8 Å². The van der Waals surface area contributed by atoms with Crippen molar-refractivity contribution in [2.45, 2.75) is 64.5 Å². The lowest BCUT2D eigenvalue weighted by molar-refractivity contribution is -0.0106. The number of anilines is 3. The van der Waals surface area contributed by atoms with Crippen molar-refractivity contribution >= 4 is 28.9 Å². The predicted octanol–water partition coefficient (Wildman–Crippen LogP) is 7.83. The van der Waals surface area contributed by atoms with Gasteiger partial charge in [0.15, 0.2) is 0 Å². The molecule has 9 nitrogen and oxygen atoms in total. The molecule has 258 valence electrons. The minimum absolute atomic E-state index is 0.109. The summed E-state index contributed by atoms with van der Waals surface area (Å²) < 4.78 is 5.83. The summed E-state index contributed by atoms with van der Waals surface area (Å²) in [5, 5.41) is 17.6. The maximum Gasteiger partial charge on any atom is 0.255 e. The third-order valence-electron chi connectivity index (χ3n) is 9.27. The number of nitrogens with zero attached hydrogens (tertiary/aromatic N) is 2. The van der Waals surface area contributed by atoms with Crippen molar-refractivity contribution in [1.29, 1.82) is 0 Å². The Bertz CT molecular complexity index is 1860. The largest absolute Gasteiger partial charge is 0.494 e. The molecule has 50 heavy (non-hydrogen) atoms. The fourth-order valence-electron chi connectivity index (χ4n) is 6.62. The van der Waals surface area contributed by atoms with Crippen LogP contribution in [0.15, 0.2) is 84.9 Å². The first-order valence-electron chi connectivity index (χ1n) is 17.4. The van der Waals surface area contributed by atoms with Gasteiger partial charge in [-0.2, -0.15) is 0 Å². The Morgan fingerprint density at radius 1 is 0.920 bits per heavy atom. The maximum atomic E-state index is 13.7. The number of ether oxygens (including phenoxy) is 1. The minimum atomic E-state index is -0.333. The van der Waals surface area contributed by atoms with E-state index in [4.69, 9.17) is 9.57 Å². The Balaban J connectivity index is 1.14. The number of hydrogen-bond acceptors (Lipinski definition) is 7. The number of carbonyl (C=O) groups is 2. The summed E-state index contributed by atoms with van der Waals surface area (Å²) in [6.45, 7) is 3.51. The Kier molecular flexibility index (Phi) is 11.3. The summed E-state index contributed by atoms with van der Waals surface area (Å²) >= 11 is 0. The van der Waals surface area contributed by atoms with E-state index in [2.05, 4.69) is 28.5 Å². The second kappa shape index (κ2) is 16.4. The Morgan fingerprint density at radius 3 is 2.38 bits per heavy atom. The highest BCUT2D eigenvalue weighted by atomic mass is 16.9. The molecule has 0 unspecified atom stereocenters. The zero-order chi connectivity index (χ0) is 34.9.